The molecule has 2 atom stereocenters. The number of amides is 2. The molecule has 28 heavy (non-hydrogen) atoms. The van der Waals surface area contributed by atoms with Gasteiger partial charge in [0.05, 0.1) is 39.3 Å². The van der Waals surface area contributed by atoms with Crippen molar-refractivity contribution in [2.45, 2.75) is 20.3 Å². The Morgan fingerprint density at radius 3 is 2.43 bits per heavy atom. The first-order valence-electron chi connectivity index (χ1n) is 10.4. The van der Waals surface area contributed by atoms with Gasteiger partial charge in [-0.1, -0.05) is 19.9 Å². The molecule has 3 N–H and O–H groups in total. The number of likely N-dealkylation sites (tertiary alicyclic amines) is 1. The molecule has 3 rings (SSSR count). The van der Waals surface area contributed by atoms with E-state index in [1.807, 2.05) is 4.90 Å². The molecule has 1 aromatic rings. The Bertz CT molecular complexity index is 681. The minimum Gasteiger partial charge on any atom is -0.327 e. The number of hydrogen-bond acceptors (Lipinski definition) is 2. The van der Waals surface area contributed by atoms with Crippen molar-refractivity contribution in [1.82, 2.24) is 4.90 Å². The fraction of sp³-hybridized carbons (Fsp3) is 0.619. The Labute approximate surface area is 166 Å². The number of anilines is 1. The lowest BCUT2D eigenvalue weighted by Gasteiger charge is -2.35. The minimum absolute atomic E-state index is 0.124. The zero-order chi connectivity index (χ0) is 20.1. The van der Waals surface area contributed by atoms with E-state index in [-0.39, 0.29) is 17.6 Å². The van der Waals surface area contributed by atoms with Gasteiger partial charge >= 0.3 is 0 Å². The molecular weight excluding hydrogens is 359 g/mol. The second kappa shape index (κ2) is 9.47. The number of carbonyl (C=O) groups is 2. The maximum atomic E-state index is 13.2. The van der Waals surface area contributed by atoms with Gasteiger partial charge in [-0.15, -0.1) is 0 Å². The van der Waals surface area contributed by atoms with Crippen LogP contribution in [0.2, 0.25) is 0 Å². The lowest BCUT2D eigenvalue weighted by atomic mass is 9.92. The molecule has 0 aromatic heterocycles. The topological polar surface area (TPSA) is 58.3 Å². The number of carbonyl (C=O) groups excluding carboxylic acids is 2. The predicted octanol–water partition coefficient (Wildman–Crippen LogP) is -0.948. The highest BCUT2D eigenvalue weighted by Gasteiger charge is 2.30. The fourth-order valence-electron chi connectivity index (χ4n) is 4.64. The third-order valence-corrected chi connectivity index (χ3v) is 5.82. The summed E-state index contributed by atoms with van der Waals surface area (Å²) in [6, 6.07) is 5.92. The molecule has 2 amide bonds. The van der Waals surface area contributed by atoms with E-state index < -0.39 is 0 Å². The van der Waals surface area contributed by atoms with Crippen LogP contribution in [0.15, 0.2) is 24.3 Å². The maximum Gasteiger partial charge on any atom is 0.279 e. The summed E-state index contributed by atoms with van der Waals surface area (Å²) in [4.78, 5) is 29.4. The molecule has 6 nitrogen and oxygen atoms in total. The molecule has 0 bridgehead atoms. The van der Waals surface area contributed by atoms with Crippen LogP contribution < -0.4 is 15.1 Å². The summed E-state index contributed by atoms with van der Waals surface area (Å²) < 4.78 is 13.2. The van der Waals surface area contributed by atoms with Gasteiger partial charge in [-0.2, -0.15) is 0 Å². The van der Waals surface area contributed by atoms with E-state index in [1.165, 1.54) is 23.5 Å². The number of nitrogens with one attached hydrogen (secondary N) is 3. The molecule has 7 heteroatoms. The summed E-state index contributed by atoms with van der Waals surface area (Å²) in [5.74, 6) is 1.12. The number of piperidine rings is 1. The molecule has 0 unspecified atom stereocenters. The van der Waals surface area contributed by atoms with Gasteiger partial charge in [0.2, 0.25) is 0 Å². The number of halogens is 1. The predicted molar refractivity (Wildman–Crippen MR) is 106 cm³/mol. The quantitative estimate of drug-likeness (QED) is 0.605. The van der Waals surface area contributed by atoms with Crippen molar-refractivity contribution in [3.05, 3.63) is 30.1 Å². The average Bonchev–Trinajstić information content (AvgIpc) is 2.61. The van der Waals surface area contributed by atoms with Gasteiger partial charge in [0.1, 0.15) is 5.82 Å². The second-order valence-corrected chi connectivity index (χ2v) is 8.65. The zero-order valence-corrected chi connectivity index (χ0v) is 17.0. The van der Waals surface area contributed by atoms with E-state index in [1.54, 1.807) is 12.1 Å². The van der Waals surface area contributed by atoms with Gasteiger partial charge in [0, 0.05) is 17.5 Å². The number of hydrogen-bond donors (Lipinski definition) is 3. The van der Waals surface area contributed by atoms with Crippen molar-refractivity contribution >= 4 is 17.5 Å². The van der Waals surface area contributed by atoms with E-state index in [0.717, 1.165) is 31.1 Å². The van der Waals surface area contributed by atoms with Gasteiger partial charge in [-0.05, 0) is 24.6 Å². The molecule has 2 fully saturated rings. The largest absolute Gasteiger partial charge is 0.327 e. The standard InChI is InChI=1S/C21H31FN4O2/c1-16-10-17(2)13-25(12-16)15-21(28)26-8-6-24(7-9-26)14-20(27)23-19-5-3-4-18(22)11-19/h3-5,11,16-17H,6-10,12-15H2,1-2H3,(H,23,27)/p+2/t16-,17-/m1/s1. The monoisotopic (exact) mass is 392 g/mol. The summed E-state index contributed by atoms with van der Waals surface area (Å²) in [5.41, 5.74) is 0.478. The molecule has 2 heterocycles. The third-order valence-electron chi connectivity index (χ3n) is 5.82. The zero-order valence-electron chi connectivity index (χ0n) is 17.0. The van der Waals surface area contributed by atoms with Gasteiger partial charge in [0.25, 0.3) is 11.8 Å². The molecule has 2 saturated heterocycles. The second-order valence-electron chi connectivity index (χ2n) is 8.65. The Kier molecular flexibility index (Phi) is 7.02. The van der Waals surface area contributed by atoms with Crippen LogP contribution in [0.5, 0.6) is 0 Å². The lowest BCUT2D eigenvalue weighted by Crippen LogP contribution is -3.17. The summed E-state index contributed by atoms with van der Waals surface area (Å²) in [5, 5.41) is 2.74. The number of nitrogens with zero attached hydrogens (tertiary/aromatic N) is 1. The maximum absolute atomic E-state index is 13.2. The molecule has 0 radical (unpaired) electrons. The summed E-state index contributed by atoms with van der Waals surface area (Å²) in [6.07, 6.45) is 1.26. The molecule has 0 spiro atoms. The van der Waals surface area contributed by atoms with Crippen molar-refractivity contribution in [3.8, 4) is 0 Å². The van der Waals surface area contributed by atoms with Crippen LogP contribution in [0.25, 0.3) is 0 Å². The summed E-state index contributed by atoms with van der Waals surface area (Å²) in [7, 11) is 0. The van der Waals surface area contributed by atoms with Gasteiger partial charge in [0.15, 0.2) is 13.1 Å². The first-order chi connectivity index (χ1) is 13.4. The fourth-order valence-corrected chi connectivity index (χ4v) is 4.64. The Morgan fingerprint density at radius 1 is 1.11 bits per heavy atom. The van der Waals surface area contributed by atoms with Crippen molar-refractivity contribution in [2.75, 3.05) is 57.7 Å². The number of quaternary nitrogens is 2. The van der Waals surface area contributed by atoms with Crippen LogP contribution in [-0.2, 0) is 9.59 Å². The van der Waals surface area contributed by atoms with Crippen LogP contribution in [0, 0.1) is 17.7 Å². The van der Waals surface area contributed by atoms with Gasteiger partial charge in [-0.25, -0.2) is 4.39 Å². The minimum atomic E-state index is -0.364. The lowest BCUT2D eigenvalue weighted by molar-refractivity contribution is -0.905. The first kappa shape index (κ1) is 20.7. The van der Waals surface area contributed by atoms with E-state index in [9.17, 15) is 14.0 Å². The van der Waals surface area contributed by atoms with E-state index in [4.69, 9.17) is 0 Å². The third kappa shape index (κ3) is 6.01. The molecule has 154 valence electrons. The average molecular weight is 393 g/mol. The molecular formula is C21H33FN4O2+2. The highest BCUT2D eigenvalue weighted by molar-refractivity contribution is 5.91. The Morgan fingerprint density at radius 2 is 1.79 bits per heavy atom. The highest BCUT2D eigenvalue weighted by Crippen LogP contribution is 2.12. The van der Waals surface area contributed by atoms with Gasteiger partial charge in [-0.3, -0.25) is 9.59 Å². The Hall–Kier alpha value is -1.99. The van der Waals surface area contributed by atoms with Crippen LogP contribution in [0.3, 0.4) is 0 Å². The number of rotatable bonds is 5. The van der Waals surface area contributed by atoms with Gasteiger partial charge < -0.3 is 20.0 Å². The van der Waals surface area contributed by atoms with Crippen LogP contribution in [0.4, 0.5) is 10.1 Å². The molecule has 2 aliphatic heterocycles. The van der Waals surface area contributed by atoms with Crippen molar-refractivity contribution in [1.29, 1.82) is 0 Å². The van der Waals surface area contributed by atoms with Crippen LogP contribution >= 0.6 is 0 Å². The van der Waals surface area contributed by atoms with E-state index >= 15 is 0 Å². The number of benzene rings is 1. The molecule has 0 aliphatic carbocycles. The SMILES string of the molecule is C[C@@H]1C[C@@H](C)C[NH+](CC(=O)N2CC[NH+](CC(=O)Nc3cccc(F)c3)CC2)C1. The number of piperazine rings is 1. The first-order valence-corrected chi connectivity index (χ1v) is 10.4. The smallest absolute Gasteiger partial charge is 0.279 e. The van der Waals surface area contributed by atoms with Crippen molar-refractivity contribution in [3.63, 3.8) is 0 Å². The van der Waals surface area contributed by atoms with Crippen molar-refractivity contribution < 1.29 is 23.8 Å². The van der Waals surface area contributed by atoms with Crippen LogP contribution in [0.1, 0.15) is 20.3 Å². The van der Waals surface area contributed by atoms with E-state index in [2.05, 4.69) is 19.2 Å². The summed E-state index contributed by atoms with van der Waals surface area (Å²) in [6.45, 7) is 10.6. The van der Waals surface area contributed by atoms with Crippen molar-refractivity contribution in [2.24, 2.45) is 11.8 Å². The summed E-state index contributed by atoms with van der Waals surface area (Å²) >= 11 is 0. The van der Waals surface area contributed by atoms with Crippen LogP contribution in [-0.4, -0.2) is 69.1 Å². The molecule has 0 saturated carbocycles. The highest BCUT2D eigenvalue weighted by atomic mass is 19.1. The normalized spacial score (nSPS) is 26.1. The molecule has 2 aliphatic rings. The Balaban J connectivity index is 1.40. The van der Waals surface area contributed by atoms with E-state index in [0.29, 0.717) is 43.7 Å². The molecule has 1 aromatic carbocycles.